The molecule has 0 heterocycles. The van der Waals surface area contributed by atoms with Crippen LogP contribution in [-0.2, 0) is 28.8 Å². The molecule has 0 aliphatic rings. The van der Waals surface area contributed by atoms with Crippen molar-refractivity contribution in [3.05, 3.63) is 37.6 Å². The molecule has 0 saturated carbocycles. The van der Waals surface area contributed by atoms with Crippen LogP contribution in [0.1, 0.15) is 0 Å². The van der Waals surface area contributed by atoms with Crippen molar-refractivity contribution in [3.8, 4) is 0 Å². The Bertz CT molecular complexity index is 175. The van der Waals surface area contributed by atoms with E-state index < -0.39 is 0 Å². The van der Waals surface area contributed by atoms with Crippen molar-refractivity contribution in [1.29, 1.82) is 0 Å². The fraction of sp³-hybridized carbons (Fsp3) is 0.222. The summed E-state index contributed by atoms with van der Waals surface area (Å²) in [5.41, 5.74) is 0. The van der Waals surface area contributed by atoms with Crippen molar-refractivity contribution in [2.75, 3.05) is 13.2 Å². The topological polar surface area (TPSA) is 18.5 Å². The Morgan fingerprint density at radius 2 is 1.75 bits per heavy atom. The molecule has 0 aliphatic heterocycles. The van der Waals surface area contributed by atoms with E-state index in [0.29, 0.717) is 19.0 Å². The van der Waals surface area contributed by atoms with Crippen molar-refractivity contribution < 1.29 is 28.8 Å². The Kier molecular flexibility index (Phi) is 6.92. The van der Waals surface area contributed by atoms with E-state index in [0.717, 1.165) is 4.08 Å². The Labute approximate surface area is 84.0 Å². The SMILES string of the molecule is C=CC(=C)OCCO[C](=[W])C=C. The molecular formula is C9H12O2W. The van der Waals surface area contributed by atoms with Gasteiger partial charge in [0.05, 0.1) is 0 Å². The first kappa shape index (κ1) is 11.5. The maximum absolute atomic E-state index is 5.22. The van der Waals surface area contributed by atoms with Gasteiger partial charge in [0.15, 0.2) is 0 Å². The summed E-state index contributed by atoms with van der Waals surface area (Å²) in [6.07, 6.45) is 3.26. The van der Waals surface area contributed by atoms with Crippen LogP contribution in [0, 0.1) is 0 Å². The van der Waals surface area contributed by atoms with Gasteiger partial charge in [-0.2, -0.15) is 0 Å². The molecule has 0 atom stereocenters. The van der Waals surface area contributed by atoms with E-state index in [9.17, 15) is 0 Å². The molecule has 0 rings (SSSR count). The summed E-state index contributed by atoms with van der Waals surface area (Å²) >= 11 is 1.27. The number of ether oxygens (including phenoxy) is 2. The van der Waals surface area contributed by atoms with Gasteiger partial charge in [-0.05, 0) is 0 Å². The molecule has 0 aromatic rings. The molecule has 0 radical (unpaired) electrons. The minimum absolute atomic E-state index is 0.496. The predicted octanol–water partition coefficient (Wildman–Crippen LogP) is 1.58. The first-order valence-corrected chi connectivity index (χ1v) is 4.90. The number of hydrogen-bond donors (Lipinski definition) is 0. The molecule has 0 saturated heterocycles. The molecule has 66 valence electrons. The normalized spacial score (nSPS) is 8.67. The fourth-order valence-corrected chi connectivity index (χ4v) is 0.732. The first-order chi connectivity index (χ1) is 5.70. The molecule has 3 heteroatoms. The van der Waals surface area contributed by atoms with Gasteiger partial charge < -0.3 is 0 Å². The zero-order valence-electron chi connectivity index (χ0n) is 6.91. The number of hydrogen-bond acceptors (Lipinski definition) is 2. The number of rotatable bonds is 7. The third kappa shape index (κ3) is 6.26. The third-order valence-corrected chi connectivity index (χ3v) is 2.03. The van der Waals surface area contributed by atoms with E-state index in [1.54, 1.807) is 12.2 Å². The summed E-state index contributed by atoms with van der Waals surface area (Å²) in [6, 6.07) is 0. The molecule has 0 bridgehead atoms. The average molecular weight is 336 g/mol. The van der Waals surface area contributed by atoms with E-state index in [-0.39, 0.29) is 0 Å². The summed E-state index contributed by atoms with van der Waals surface area (Å²) < 4.78 is 11.2. The molecule has 0 aliphatic carbocycles. The van der Waals surface area contributed by atoms with Gasteiger partial charge in [-0.1, -0.05) is 0 Å². The molecule has 12 heavy (non-hydrogen) atoms. The second kappa shape index (κ2) is 7.20. The summed E-state index contributed by atoms with van der Waals surface area (Å²) in [4.78, 5) is 0. The molecular weight excluding hydrogens is 324 g/mol. The van der Waals surface area contributed by atoms with Gasteiger partial charge in [0.25, 0.3) is 0 Å². The monoisotopic (exact) mass is 336 g/mol. The van der Waals surface area contributed by atoms with Crippen LogP contribution in [0.25, 0.3) is 0 Å². The predicted molar refractivity (Wildman–Crippen MR) is 46.4 cm³/mol. The van der Waals surface area contributed by atoms with E-state index in [1.807, 2.05) is 0 Å². The van der Waals surface area contributed by atoms with Crippen molar-refractivity contribution in [1.82, 2.24) is 0 Å². The molecule has 0 N–H and O–H groups in total. The second-order valence-electron chi connectivity index (χ2n) is 1.89. The molecule has 0 aromatic carbocycles. The fourth-order valence-electron chi connectivity index (χ4n) is 0.433. The van der Waals surface area contributed by atoms with Gasteiger partial charge in [-0.25, -0.2) is 0 Å². The standard InChI is InChI=1S/C9H12O2.W/c1-4-6-10-7-8-11-9(3)5-2;/h4-5H,1-3,7-8H2;. The van der Waals surface area contributed by atoms with Crippen LogP contribution in [0.3, 0.4) is 0 Å². The van der Waals surface area contributed by atoms with Gasteiger partial charge in [0.2, 0.25) is 0 Å². The first-order valence-electron chi connectivity index (χ1n) is 3.44. The van der Waals surface area contributed by atoms with Crippen molar-refractivity contribution in [3.63, 3.8) is 0 Å². The zero-order chi connectivity index (χ0) is 9.40. The Morgan fingerprint density at radius 3 is 2.25 bits per heavy atom. The molecule has 0 fully saturated rings. The van der Waals surface area contributed by atoms with E-state index in [4.69, 9.17) is 9.47 Å². The summed E-state index contributed by atoms with van der Waals surface area (Å²) in [5, 5.41) is 0. The second-order valence-corrected chi connectivity index (χ2v) is 3.34. The van der Waals surface area contributed by atoms with E-state index in [2.05, 4.69) is 19.7 Å². The average Bonchev–Trinajstić information content (AvgIpc) is 2.11. The minimum atomic E-state index is 0.496. The van der Waals surface area contributed by atoms with Gasteiger partial charge in [0, 0.05) is 0 Å². The van der Waals surface area contributed by atoms with Crippen molar-refractivity contribution in [2.45, 2.75) is 0 Å². The van der Waals surface area contributed by atoms with Crippen LogP contribution in [0.5, 0.6) is 0 Å². The third-order valence-electron chi connectivity index (χ3n) is 1.01. The summed E-state index contributed by atoms with van der Waals surface area (Å²) in [7, 11) is 0. The Hall–Kier alpha value is -0.462. The van der Waals surface area contributed by atoms with Crippen LogP contribution in [-0.4, -0.2) is 17.3 Å². The Morgan fingerprint density at radius 1 is 1.17 bits per heavy atom. The summed E-state index contributed by atoms with van der Waals surface area (Å²) in [5.74, 6) is 0.571. The van der Waals surface area contributed by atoms with Crippen LogP contribution in [0.2, 0.25) is 0 Å². The van der Waals surface area contributed by atoms with Crippen molar-refractivity contribution in [2.24, 2.45) is 0 Å². The van der Waals surface area contributed by atoms with Gasteiger partial charge in [-0.15, -0.1) is 0 Å². The Balaban J connectivity index is 3.32. The van der Waals surface area contributed by atoms with Crippen LogP contribution in [0.4, 0.5) is 0 Å². The molecule has 0 unspecified atom stereocenters. The molecule has 2 nitrogen and oxygen atoms in total. The summed E-state index contributed by atoms with van der Waals surface area (Å²) in [6.45, 7) is 11.7. The van der Waals surface area contributed by atoms with E-state index >= 15 is 0 Å². The van der Waals surface area contributed by atoms with Crippen LogP contribution < -0.4 is 0 Å². The van der Waals surface area contributed by atoms with Crippen LogP contribution in [0.15, 0.2) is 37.6 Å². The van der Waals surface area contributed by atoms with E-state index in [1.165, 1.54) is 19.4 Å². The molecule has 0 spiro atoms. The maximum atomic E-state index is 5.22. The molecule has 0 aromatic heterocycles. The van der Waals surface area contributed by atoms with Gasteiger partial charge in [-0.3, -0.25) is 0 Å². The van der Waals surface area contributed by atoms with Crippen LogP contribution >= 0.6 is 0 Å². The zero-order valence-corrected chi connectivity index (χ0v) is 9.85. The van der Waals surface area contributed by atoms with Gasteiger partial charge >= 0.3 is 83.8 Å². The number of allylic oxidation sites excluding steroid dienone is 1. The quantitative estimate of drug-likeness (QED) is 0.399. The molecule has 0 amide bonds. The van der Waals surface area contributed by atoms with Gasteiger partial charge in [0.1, 0.15) is 0 Å². The van der Waals surface area contributed by atoms with Crippen molar-refractivity contribution >= 4 is 4.08 Å².